The van der Waals surface area contributed by atoms with Crippen LogP contribution in [0.15, 0.2) is 11.0 Å². The summed E-state index contributed by atoms with van der Waals surface area (Å²) in [4.78, 5) is 15.1. The fourth-order valence-corrected chi connectivity index (χ4v) is 1.90. The molecule has 0 saturated carbocycles. The van der Waals surface area contributed by atoms with Crippen molar-refractivity contribution in [2.75, 3.05) is 12.3 Å². The molecule has 0 aliphatic carbocycles. The molecule has 0 unspecified atom stereocenters. The van der Waals surface area contributed by atoms with E-state index in [1.165, 1.54) is 0 Å². The molecule has 1 saturated heterocycles. The second-order valence-electron chi connectivity index (χ2n) is 3.89. The third kappa shape index (κ3) is 2.83. The molecule has 0 spiro atoms. The Balaban J connectivity index is 0.00000180. The van der Waals surface area contributed by atoms with Gasteiger partial charge in [-0.25, -0.2) is 4.79 Å². The third-order valence-corrected chi connectivity index (χ3v) is 3.02. The summed E-state index contributed by atoms with van der Waals surface area (Å²) in [5.74, 6) is -0.135. The molecule has 10 heteroatoms. The number of halogens is 2. The van der Waals surface area contributed by atoms with Crippen LogP contribution in [0, 0.1) is 0 Å². The number of nitrogen functional groups attached to an aromatic ring is 1. The lowest BCUT2D eigenvalue weighted by Crippen LogP contribution is -2.36. The molecule has 0 bridgehead atoms. The summed E-state index contributed by atoms with van der Waals surface area (Å²) in [7, 11) is 0. The van der Waals surface area contributed by atoms with Crippen molar-refractivity contribution in [1.29, 1.82) is 0 Å². The quantitative estimate of drug-likeness (QED) is 0.523. The molecule has 19 heavy (non-hydrogen) atoms. The largest absolute Gasteiger partial charge is 0.394 e. The number of aliphatic hydroxyl groups excluding tert-OH is 3. The lowest BCUT2D eigenvalue weighted by Gasteiger charge is -2.17. The van der Waals surface area contributed by atoms with Gasteiger partial charge >= 0.3 is 5.69 Å². The molecule has 1 aliphatic heterocycles. The third-order valence-electron chi connectivity index (χ3n) is 2.73. The Morgan fingerprint density at radius 1 is 1.47 bits per heavy atom. The zero-order valence-electron chi connectivity index (χ0n) is 9.51. The number of hydrogen-bond donors (Lipinski definition) is 4. The second-order valence-corrected chi connectivity index (χ2v) is 4.30. The average Bonchev–Trinajstić information content (AvgIpc) is 2.61. The number of ether oxygens (including phenoxy) is 1. The minimum absolute atomic E-state index is 0. The number of rotatable bonds is 2. The highest BCUT2D eigenvalue weighted by Gasteiger charge is 2.43. The van der Waals surface area contributed by atoms with E-state index in [-0.39, 0.29) is 23.2 Å². The predicted octanol–water partition coefficient (Wildman–Crippen LogP) is -1.49. The smallest absolute Gasteiger partial charge is 0.351 e. The standard InChI is InChI=1S/C9H12ClN3O5.ClH/c10-3-1-13(9(17)12-7(3)11)8-6(16)5(15)4(2-14)18-8;/h1,4-6,8,14-16H,2H2,(H2,11,12,17);1H/t4-,5-,6+,8-;/m1./s1. The first-order chi connectivity index (χ1) is 8.45. The Hall–Kier alpha value is -0.900. The van der Waals surface area contributed by atoms with Crippen LogP contribution >= 0.6 is 24.0 Å². The molecule has 1 aliphatic rings. The van der Waals surface area contributed by atoms with E-state index in [0.717, 1.165) is 10.8 Å². The summed E-state index contributed by atoms with van der Waals surface area (Å²) in [5.41, 5.74) is 4.58. The van der Waals surface area contributed by atoms with E-state index in [2.05, 4.69) is 4.98 Å². The number of nitrogens with zero attached hydrogens (tertiary/aromatic N) is 2. The van der Waals surface area contributed by atoms with Gasteiger partial charge in [-0.05, 0) is 0 Å². The summed E-state index contributed by atoms with van der Waals surface area (Å²) >= 11 is 5.72. The number of nitrogens with two attached hydrogens (primary N) is 1. The van der Waals surface area contributed by atoms with Crippen molar-refractivity contribution < 1.29 is 20.1 Å². The van der Waals surface area contributed by atoms with Gasteiger partial charge in [0.1, 0.15) is 24.1 Å². The summed E-state index contributed by atoms with van der Waals surface area (Å²) in [6.45, 7) is -0.486. The molecule has 0 aromatic carbocycles. The normalized spacial score (nSPS) is 30.1. The summed E-state index contributed by atoms with van der Waals surface area (Å²) in [6.07, 6.45) is -3.67. The van der Waals surface area contributed by atoms with Crippen LogP contribution in [-0.2, 0) is 4.74 Å². The van der Waals surface area contributed by atoms with Gasteiger partial charge in [0.05, 0.1) is 11.6 Å². The highest BCUT2D eigenvalue weighted by atomic mass is 35.5. The topological polar surface area (TPSA) is 131 Å². The van der Waals surface area contributed by atoms with Crippen molar-refractivity contribution in [3.8, 4) is 0 Å². The maximum absolute atomic E-state index is 11.6. The van der Waals surface area contributed by atoms with Crippen molar-refractivity contribution in [2.45, 2.75) is 24.5 Å². The molecule has 8 nitrogen and oxygen atoms in total. The maximum atomic E-state index is 11.6. The van der Waals surface area contributed by atoms with Crippen LogP contribution in [0.3, 0.4) is 0 Å². The van der Waals surface area contributed by atoms with Crippen LogP contribution in [0.5, 0.6) is 0 Å². The molecule has 5 N–H and O–H groups in total. The van der Waals surface area contributed by atoms with E-state index in [4.69, 9.17) is 27.2 Å². The SMILES string of the molecule is Cl.Nc1nc(=O)n([C@@H]2O[C@H](CO)[C@@H](O)[C@@H]2O)cc1Cl. The van der Waals surface area contributed by atoms with Crippen molar-refractivity contribution in [1.82, 2.24) is 9.55 Å². The number of anilines is 1. The van der Waals surface area contributed by atoms with Crippen LogP contribution in [0.1, 0.15) is 6.23 Å². The van der Waals surface area contributed by atoms with Gasteiger partial charge in [-0.1, -0.05) is 11.6 Å². The maximum Gasteiger partial charge on any atom is 0.351 e. The van der Waals surface area contributed by atoms with Crippen molar-refractivity contribution in [3.05, 3.63) is 21.7 Å². The van der Waals surface area contributed by atoms with Crippen LogP contribution in [0.4, 0.5) is 5.82 Å². The fraction of sp³-hybridized carbons (Fsp3) is 0.556. The van der Waals surface area contributed by atoms with Crippen LogP contribution in [0.25, 0.3) is 0 Å². The molecule has 0 radical (unpaired) electrons. The van der Waals surface area contributed by atoms with Gasteiger partial charge in [0.25, 0.3) is 0 Å². The van der Waals surface area contributed by atoms with Crippen molar-refractivity contribution in [3.63, 3.8) is 0 Å². The number of aromatic nitrogens is 2. The molecule has 108 valence electrons. The van der Waals surface area contributed by atoms with Gasteiger partial charge in [0.2, 0.25) is 0 Å². The van der Waals surface area contributed by atoms with Crippen molar-refractivity contribution in [2.24, 2.45) is 0 Å². The van der Waals surface area contributed by atoms with Gasteiger partial charge in [-0.3, -0.25) is 4.57 Å². The van der Waals surface area contributed by atoms with Gasteiger partial charge in [-0.2, -0.15) is 4.98 Å². The Bertz CT molecular complexity index is 511. The molecule has 1 aromatic heterocycles. The van der Waals surface area contributed by atoms with Crippen LogP contribution in [0.2, 0.25) is 5.02 Å². The van der Waals surface area contributed by atoms with E-state index in [0.29, 0.717) is 0 Å². The van der Waals surface area contributed by atoms with Crippen LogP contribution in [-0.4, -0.2) is 49.8 Å². The Kier molecular flexibility index (Phi) is 5.13. The summed E-state index contributed by atoms with van der Waals surface area (Å²) < 4.78 is 6.09. The molecule has 4 atom stereocenters. The van der Waals surface area contributed by atoms with E-state index >= 15 is 0 Å². The minimum Gasteiger partial charge on any atom is -0.394 e. The molecule has 1 fully saturated rings. The molecular formula is C9H13Cl2N3O5. The Labute approximate surface area is 118 Å². The second kappa shape index (κ2) is 6.04. The molecule has 2 heterocycles. The van der Waals surface area contributed by atoms with Gasteiger partial charge in [-0.15, -0.1) is 12.4 Å². The first-order valence-corrected chi connectivity index (χ1v) is 5.50. The number of hydrogen-bond acceptors (Lipinski definition) is 7. The molecular weight excluding hydrogens is 301 g/mol. The monoisotopic (exact) mass is 313 g/mol. The van der Waals surface area contributed by atoms with E-state index < -0.39 is 36.8 Å². The Morgan fingerprint density at radius 2 is 2.11 bits per heavy atom. The highest BCUT2D eigenvalue weighted by molar-refractivity contribution is 6.32. The fourth-order valence-electron chi connectivity index (χ4n) is 1.75. The molecule has 2 rings (SSSR count). The van der Waals surface area contributed by atoms with E-state index in [9.17, 15) is 15.0 Å². The average molecular weight is 314 g/mol. The van der Waals surface area contributed by atoms with Gasteiger partial charge in [0, 0.05) is 6.20 Å². The zero-order valence-corrected chi connectivity index (χ0v) is 11.1. The predicted molar refractivity (Wildman–Crippen MR) is 68.2 cm³/mol. The first kappa shape index (κ1) is 16.2. The molecule has 0 amide bonds. The first-order valence-electron chi connectivity index (χ1n) is 5.12. The molecule has 1 aromatic rings. The van der Waals surface area contributed by atoms with Gasteiger partial charge < -0.3 is 25.8 Å². The van der Waals surface area contributed by atoms with E-state index in [1.54, 1.807) is 0 Å². The lowest BCUT2D eigenvalue weighted by molar-refractivity contribution is -0.0549. The Morgan fingerprint density at radius 3 is 2.63 bits per heavy atom. The summed E-state index contributed by atoms with van der Waals surface area (Å²) in [6, 6.07) is 0. The highest BCUT2D eigenvalue weighted by Crippen LogP contribution is 2.29. The van der Waals surface area contributed by atoms with Crippen molar-refractivity contribution >= 4 is 29.8 Å². The summed E-state index contributed by atoms with van der Waals surface area (Å²) in [5, 5.41) is 28.3. The van der Waals surface area contributed by atoms with Gasteiger partial charge in [0.15, 0.2) is 6.23 Å². The van der Waals surface area contributed by atoms with Crippen LogP contribution < -0.4 is 11.4 Å². The van der Waals surface area contributed by atoms with E-state index in [1.807, 2.05) is 0 Å². The zero-order chi connectivity index (χ0) is 13.4. The number of aliphatic hydroxyl groups is 3. The minimum atomic E-state index is -1.37. The lowest BCUT2D eigenvalue weighted by atomic mass is 10.1.